The third-order valence-electron chi connectivity index (χ3n) is 3.22. The van der Waals surface area contributed by atoms with Crippen molar-refractivity contribution in [3.8, 4) is 11.1 Å². The first-order valence-electron chi connectivity index (χ1n) is 6.54. The first kappa shape index (κ1) is 12.7. The Bertz CT molecular complexity index is 517. The molecule has 2 rings (SSSR count). The van der Waals surface area contributed by atoms with E-state index < -0.39 is 0 Å². The highest BCUT2D eigenvalue weighted by molar-refractivity contribution is 5.77. The summed E-state index contributed by atoms with van der Waals surface area (Å²) in [6, 6.07) is 8.20. The second kappa shape index (κ2) is 5.71. The molecule has 0 bridgehead atoms. The Morgan fingerprint density at radius 2 is 2.00 bits per heavy atom. The Hall–Kier alpha value is -1.77. The van der Waals surface area contributed by atoms with E-state index in [4.69, 9.17) is 10.3 Å². The summed E-state index contributed by atoms with van der Waals surface area (Å²) in [5.74, 6) is 0.427. The van der Waals surface area contributed by atoms with Crippen LogP contribution in [0.1, 0.15) is 37.4 Å². The van der Waals surface area contributed by atoms with E-state index in [1.54, 1.807) is 0 Å². The van der Waals surface area contributed by atoms with Crippen molar-refractivity contribution in [1.29, 1.82) is 0 Å². The molecule has 0 spiro atoms. The first-order chi connectivity index (χ1) is 8.74. The Balaban J connectivity index is 2.32. The molecule has 0 unspecified atom stereocenters. The van der Waals surface area contributed by atoms with Crippen LogP contribution in [0.2, 0.25) is 0 Å². The second-order valence-corrected chi connectivity index (χ2v) is 4.64. The van der Waals surface area contributed by atoms with Gasteiger partial charge in [0.05, 0.1) is 11.3 Å². The molecule has 0 radical (unpaired) electrons. The molecule has 0 aliphatic heterocycles. The normalized spacial score (nSPS) is 10.8. The van der Waals surface area contributed by atoms with Gasteiger partial charge in [-0.25, -0.2) is 0 Å². The maximum absolute atomic E-state index is 5.92. The maximum Gasteiger partial charge on any atom is 0.230 e. The Morgan fingerprint density at radius 1 is 1.22 bits per heavy atom. The lowest BCUT2D eigenvalue weighted by molar-refractivity contribution is 0.426. The highest BCUT2D eigenvalue weighted by Crippen LogP contribution is 2.32. The zero-order chi connectivity index (χ0) is 13.0. The molecule has 0 amide bonds. The van der Waals surface area contributed by atoms with Crippen LogP contribution < -0.4 is 5.73 Å². The van der Waals surface area contributed by atoms with Crippen LogP contribution in [0.5, 0.6) is 0 Å². The van der Waals surface area contributed by atoms with Crippen molar-refractivity contribution in [3.63, 3.8) is 0 Å². The SMILES string of the molecule is CCCCCc1noc(N)c1-c1ccccc1C. The number of nitrogen functional groups attached to an aromatic ring is 1. The van der Waals surface area contributed by atoms with Crippen LogP contribution >= 0.6 is 0 Å². The van der Waals surface area contributed by atoms with Crippen LogP contribution in [0.25, 0.3) is 11.1 Å². The molecule has 3 heteroatoms. The summed E-state index contributed by atoms with van der Waals surface area (Å²) >= 11 is 0. The van der Waals surface area contributed by atoms with Gasteiger partial charge in [0, 0.05) is 0 Å². The van der Waals surface area contributed by atoms with Gasteiger partial charge in [-0.15, -0.1) is 0 Å². The number of nitrogens with zero attached hydrogens (tertiary/aromatic N) is 1. The summed E-state index contributed by atoms with van der Waals surface area (Å²) in [5.41, 5.74) is 10.2. The molecule has 0 aliphatic carbocycles. The quantitative estimate of drug-likeness (QED) is 0.810. The molecular formula is C15H20N2O. The van der Waals surface area contributed by atoms with E-state index in [1.165, 1.54) is 18.4 Å². The van der Waals surface area contributed by atoms with E-state index >= 15 is 0 Å². The number of nitrogens with two attached hydrogens (primary N) is 1. The Labute approximate surface area is 108 Å². The lowest BCUT2D eigenvalue weighted by Gasteiger charge is -2.05. The van der Waals surface area contributed by atoms with Crippen molar-refractivity contribution in [2.75, 3.05) is 5.73 Å². The molecule has 2 N–H and O–H groups in total. The molecule has 96 valence electrons. The summed E-state index contributed by atoms with van der Waals surface area (Å²) in [6.07, 6.45) is 4.46. The molecule has 0 fully saturated rings. The van der Waals surface area contributed by atoms with Crippen molar-refractivity contribution in [3.05, 3.63) is 35.5 Å². The van der Waals surface area contributed by atoms with Crippen molar-refractivity contribution >= 4 is 5.88 Å². The molecule has 0 saturated carbocycles. The van der Waals surface area contributed by atoms with Gasteiger partial charge >= 0.3 is 0 Å². The highest BCUT2D eigenvalue weighted by atomic mass is 16.5. The average Bonchev–Trinajstić information content (AvgIpc) is 2.72. The zero-order valence-corrected chi connectivity index (χ0v) is 11.1. The fourth-order valence-corrected chi connectivity index (χ4v) is 2.19. The van der Waals surface area contributed by atoms with Gasteiger partial charge in [0.2, 0.25) is 5.88 Å². The van der Waals surface area contributed by atoms with E-state index in [9.17, 15) is 0 Å². The maximum atomic E-state index is 5.92. The average molecular weight is 244 g/mol. The Morgan fingerprint density at radius 3 is 2.72 bits per heavy atom. The minimum Gasteiger partial charge on any atom is -0.367 e. The number of aromatic nitrogens is 1. The van der Waals surface area contributed by atoms with E-state index in [0.29, 0.717) is 5.88 Å². The fraction of sp³-hybridized carbons (Fsp3) is 0.400. The Kier molecular flexibility index (Phi) is 4.03. The molecule has 1 aromatic heterocycles. The summed E-state index contributed by atoms with van der Waals surface area (Å²) < 4.78 is 5.16. The van der Waals surface area contributed by atoms with Crippen molar-refractivity contribution < 1.29 is 4.52 Å². The van der Waals surface area contributed by atoms with Crippen LogP contribution in [0.3, 0.4) is 0 Å². The third kappa shape index (κ3) is 2.55. The third-order valence-corrected chi connectivity index (χ3v) is 3.22. The predicted molar refractivity (Wildman–Crippen MR) is 74.3 cm³/mol. The smallest absolute Gasteiger partial charge is 0.230 e. The number of unbranched alkanes of at least 4 members (excludes halogenated alkanes) is 2. The van der Waals surface area contributed by atoms with E-state index in [-0.39, 0.29) is 0 Å². The monoisotopic (exact) mass is 244 g/mol. The number of anilines is 1. The minimum atomic E-state index is 0.427. The largest absolute Gasteiger partial charge is 0.367 e. The van der Waals surface area contributed by atoms with Gasteiger partial charge in [0.1, 0.15) is 0 Å². The van der Waals surface area contributed by atoms with Gasteiger partial charge in [0.15, 0.2) is 0 Å². The topological polar surface area (TPSA) is 52.0 Å². The number of aryl methyl sites for hydroxylation is 2. The summed E-state index contributed by atoms with van der Waals surface area (Å²) in [7, 11) is 0. The van der Waals surface area contributed by atoms with Gasteiger partial charge in [0.25, 0.3) is 0 Å². The minimum absolute atomic E-state index is 0.427. The molecule has 1 heterocycles. The van der Waals surface area contributed by atoms with Gasteiger partial charge in [-0.2, -0.15) is 0 Å². The standard InChI is InChI=1S/C15H20N2O/c1-3-4-5-10-13-14(15(16)18-17-13)12-9-7-6-8-11(12)2/h6-9H,3-5,10,16H2,1-2H3. The molecule has 0 aliphatic rings. The predicted octanol–water partition coefficient (Wildman–Crippen LogP) is 3.96. The number of hydrogen-bond donors (Lipinski definition) is 1. The fourth-order valence-electron chi connectivity index (χ4n) is 2.19. The number of benzene rings is 1. The highest BCUT2D eigenvalue weighted by Gasteiger charge is 2.16. The van der Waals surface area contributed by atoms with Gasteiger partial charge in [-0.05, 0) is 30.9 Å². The van der Waals surface area contributed by atoms with Gasteiger partial charge in [-0.1, -0.05) is 49.2 Å². The number of hydrogen-bond acceptors (Lipinski definition) is 3. The van der Waals surface area contributed by atoms with Crippen molar-refractivity contribution in [1.82, 2.24) is 5.16 Å². The lowest BCUT2D eigenvalue weighted by Crippen LogP contribution is -1.93. The molecule has 18 heavy (non-hydrogen) atoms. The van der Waals surface area contributed by atoms with Crippen molar-refractivity contribution in [2.24, 2.45) is 0 Å². The van der Waals surface area contributed by atoms with Crippen LogP contribution in [0, 0.1) is 6.92 Å². The van der Waals surface area contributed by atoms with Gasteiger partial charge < -0.3 is 10.3 Å². The molecule has 1 aromatic carbocycles. The lowest BCUT2D eigenvalue weighted by atomic mass is 9.98. The van der Waals surface area contributed by atoms with Crippen molar-refractivity contribution in [2.45, 2.75) is 39.5 Å². The summed E-state index contributed by atoms with van der Waals surface area (Å²) in [5, 5.41) is 4.11. The second-order valence-electron chi connectivity index (χ2n) is 4.64. The first-order valence-corrected chi connectivity index (χ1v) is 6.54. The van der Waals surface area contributed by atoms with Gasteiger partial charge in [-0.3, -0.25) is 0 Å². The molecule has 0 atom stereocenters. The molecule has 0 saturated heterocycles. The molecule has 2 aromatic rings. The van der Waals surface area contributed by atoms with E-state index in [1.807, 2.05) is 12.1 Å². The van der Waals surface area contributed by atoms with Crippen LogP contribution in [0.15, 0.2) is 28.8 Å². The number of rotatable bonds is 5. The van der Waals surface area contributed by atoms with Crippen LogP contribution in [-0.2, 0) is 6.42 Å². The zero-order valence-electron chi connectivity index (χ0n) is 11.1. The molecule has 3 nitrogen and oxygen atoms in total. The van der Waals surface area contributed by atoms with E-state index in [0.717, 1.165) is 29.7 Å². The van der Waals surface area contributed by atoms with Crippen LogP contribution in [0.4, 0.5) is 5.88 Å². The summed E-state index contributed by atoms with van der Waals surface area (Å²) in [6.45, 7) is 4.27. The van der Waals surface area contributed by atoms with E-state index in [2.05, 4.69) is 31.1 Å². The summed E-state index contributed by atoms with van der Waals surface area (Å²) in [4.78, 5) is 0. The molecular weight excluding hydrogens is 224 g/mol. The van der Waals surface area contributed by atoms with Crippen LogP contribution in [-0.4, -0.2) is 5.16 Å².